The number of hydrogen-bond acceptors (Lipinski definition) is 6. The monoisotopic (exact) mass is 558 g/mol. The molecule has 0 saturated carbocycles. The Morgan fingerprint density at radius 2 is 2.03 bits per heavy atom. The van der Waals surface area contributed by atoms with Gasteiger partial charge in [-0.15, -0.1) is 6.58 Å². The molecule has 3 saturated heterocycles. The number of aliphatic hydroxyl groups excluding tert-OH is 1. The summed E-state index contributed by atoms with van der Waals surface area (Å²) >= 11 is 6.61. The lowest BCUT2D eigenvalue weighted by molar-refractivity contribution is -0.159. The quantitative estimate of drug-likeness (QED) is 0.221. The van der Waals surface area contributed by atoms with Gasteiger partial charge < -0.3 is 24.4 Å². The van der Waals surface area contributed by atoms with Gasteiger partial charge >= 0.3 is 5.97 Å². The zero-order chi connectivity index (χ0) is 28.4. The smallest absolute Gasteiger partial charge is 0.313 e. The van der Waals surface area contributed by atoms with Crippen LogP contribution in [0.5, 0.6) is 0 Å². The Balaban J connectivity index is 1.81. The molecule has 3 aliphatic rings. The maximum atomic E-state index is 14.6. The predicted octanol–water partition coefficient (Wildman–Crippen LogP) is 4.21. The van der Waals surface area contributed by atoms with Crippen molar-refractivity contribution < 1.29 is 29.0 Å². The second-order valence-electron chi connectivity index (χ2n) is 10.7. The first kappa shape index (κ1) is 29.3. The van der Waals surface area contributed by atoms with E-state index < -0.39 is 35.0 Å². The Morgan fingerprint density at radius 3 is 2.67 bits per heavy atom. The van der Waals surface area contributed by atoms with Gasteiger partial charge in [0, 0.05) is 19.7 Å². The van der Waals surface area contributed by atoms with Crippen LogP contribution in [0.15, 0.2) is 43.5 Å². The van der Waals surface area contributed by atoms with Crippen LogP contribution in [0, 0.1) is 18.8 Å². The van der Waals surface area contributed by atoms with E-state index in [1.807, 2.05) is 26.0 Å². The maximum absolute atomic E-state index is 14.6. The van der Waals surface area contributed by atoms with Crippen LogP contribution in [0.4, 0.5) is 5.69 Å². The number of likely N-dealkylation sites (tertiary alicyclic amines) is 1. The molecule has 0 radical (unpaired) electrons. The molecule has 2 amide bonds. The number of amides is 2. The first-order chi connectivity index (χ1) is 18.7. The number of hydrogen-bond donors (Lipinski definition) is 1. The summed E-state index contributed by atoms with van der Waals surface area (Å²) in [5.74, 6) is -2.70. The zero-order valence-electron chi connectivity index (χ0n) is 22.9. The lowest BCUT2D eigenvalue weighted by Crippen LogP contribution is -2.56. The summed E-state index contributed by atoms with van der Waals surface area (Å²) in [7, 11) is 0. The zero-order valence-corrected chi connectivity index (χ0v) is 23.6. The number of ether oxygens (including phenoxy) is 2. The highest BCUT2D eigenvalue weighted by Gasteiger charge is 2.79. The van der Waals surface area contributed by atoms with E-state index in [9.17, 15) is 19.5 Å². The molecule has 0 aromatic heterocycles. The van der Waals surface area contributed by atoms with E-state index in [1.54, 1.807) is 21.9 Å². The standard InChI is InChI=1S/C30H39ClN2O6/c1-5-16-32(24-20(4)12-11-13-21(24)31)27(36)25-30-15-14-29(7-3,39-30)23(28(37)38-19-6-2)22(30)26(35)33(25)17-9-8-10-18-34/h5-6,11-13,22-23,25,34H,1-2,7-10,14-19H2,3-4H3/t22-,23-,25?,29+,30?/m0/s1. The molecular weight excluding hydrogens is 520 g/mol. The number of aliphatic hydroxyl groups is 1. The van der Waals surface area contributed by atoms with Crippen molar-refractivity contribution >= 4 is 35.1 Å². The fraction of sp³-hybridized carbons (Fsp3) is 0.567. The number of para-hydroxylation sites is 1. The Bertz CT molecular complexity index is 1120. The number of halogens is 1. The van der Waals surface area contributed by atoms with Crippen LogP contribution in [0.25, 0.3) is 0 Å². The van der Waals surface area contributed by atoms with Gasteiger partial charge in [-0.2, -0.15) is 0 Å². The summed E-state index contributed by atoms with van der Waals surface area (Å²) in [5.41, 5.74) is -0.647. The van der Waals surface area contributed by atoms with E-state index in [-0.39, 0.29) is 31.6 Å². The third kappa shape index (κ3) is 4.81. The van der Waals surface area contributed by atoms with E-state index in [1.165, 1.54) is 6.08 Å². The molecule has 1 spiro atoms. The first-order valence-electron chi connectivity index (χ1n) is 13.8. The number of unbranched alkanes of at least 4 members (excludes halogenated alkanes) is 2. The van der Waals surface area contributed by atoms with E-state index in [4.69, 9.17) is 21.1 Å². The number of carbonyl (C=O) groups is 3. The predicted molar refractivity (Wildman–Crippen MR) is 149 cm³/mol. The minimum atomic E-state index is -1.16. The average Bonchev–Trinajstić information content (AvgIpc) is 3.52. The first-order valence-corrected chi connectivity index (χ1v) is 14.2. The number of aryl methyl sites for hydroxylation is 1. The largest absolute Gasteiger partial charge is 0.461 e. The number of anilines is 1. The van der Waals surface area contributed by atoms with Gasteiger partial charge in [-0.3, -0.25) is 14.4 Å². The summed E-state index contributed by atoms with van der Waals surface area (Å²) in [6.07, 6.45) is 6.58. The van der Waals surface area contributed by atoms with Crippen molar-refractivity contribution in [3.05, 3.63) is 54.1 Å². The van der Waals surface area contributed by atoms with Gasteiger partial charge in [0.05, 0.1) is 22.2 Å². The molecule has 3 fully saturated rings. The third-order valence-electron chi connectivity index (χ3n) is 8.61. The highest BCUT2D eigenvalue weighted by atomic mass is 35.5. The third-order valence-corrected chi connectivity index (χ3v) is 8.91. The Hall–Kier alpha value is -2.68. The van der Waals surface area contributed by atoms with E-state index in [2.05, 4.69) is 13.2 Å². The van der Waals surface area contributed by atoms with Gasteiger partial charge in [0.1, 0.15) is 24.2 Å². The molecule has 1 N–H and O–H groups in total. The maximum Gasteiger partial charge on any atom is 0.313 e. The molecule has 1 aromatic rings. The summed E-state index contributed by atoms with van der Waals surface area (Å²) in [5, 5.41) is 9.68. The van der Waals surface area contributed by atoms with E-state index >= 15 is 0 Å². The summed E-state index contributed by atoms with van der Waals surface area (Å²) < 4.78 is 12.3. The summed E-state index contributed by atoms with van der Waals surface area (Å²) in [6.45, 7) is 11.9. The van der Waals surface area contributed by atoms with Gasteiger partial charge in [0.15, 0.2) is 0 Å². The summed E-state index contributed by atoms with van der Waals surface area (Å²) in [6, 6.07) is 4.50. The van der Waals surface area contributed by atoms with Crippen molar-refractivity contribution in [2.45, 2.75) is 69.6 Å². The number of esters is 1. The van der Waals surface area contributed by atoms with Crippen molar-refractivity contribution in [2.24, 2.45) is 11.8 Å². The topological polar surface area (TPSA) is 96.4 Å². The molecule has 5 atom stereocenters. The van der Waals surface area contributed by atoms with Crippen molar-refractivity contribution in [1.29, 1.82) is 0 Å². The van der Waals surface area contributed by atoms with E-state index in [0.29, 0.717) is 55.8 Å². The fourth-order valence-corrected chi connectivity index (χ4v) is 7.25. The Kier molecular flexibility index (Phi) is 8.88. The van der Waals surface area contributed by atoms with Gasteiger partial charge in [0.25, 0.3) is 5.91 Å². The molecule has 0 aliphatic carbocycles. The molecule has 4 rings (SSSR count). The van der Waals surface area contributed by atoms with Gasteiger partial charge in [0.2, 0.25) is 5.91 Å². The normalized spacial score (nSPS) is 28.9. The molecule has 3 heterocycles. The molecular formula is C30H39ClN2O6. The van der Waals surface area contributed by atoms with Crippen LogP contribution in [0.3, 0.4) is 0 Å². The van der Waals surface area contributed by atoms with Crippen molar-refractivity contribution in [3.63, 3.8) is 0 Å². The SMILES string of the molecule is C=CCOC(=O)[C@@H]1[C@H]2C(=O)N(CCCCCO)C(C(=O)N(CC=C)c3c(C)cccc3Cl)C23CC[C@@]1(CC)O3. The molecule has 3 aliphatic heterocycles. The molecule has 9 heteroatoms. The lowest BCUT2D eigenvalue weighted by Gasteiger charge is -2.37. The summed E-state index contributed by atoms with van der Waals surface area (Å²) in [4.78, 5) is 45.4. The number of benzene rings is 1. The van der Waals surface area contributed by atoms with Crippen LogP contribution in [-0.4, -0.2) is 71.3 Å². The highest BCUT2D eigenvalue weighted by molar-refractivity contribution is 6.34. The number of rotatable bonds is 13. The molecule has 39 heavy (non-hydrogen) atoms. The lowest BCUT2D eigenvalue weighted by atomic mass is 9.65. The molecule has 8 nitrogen and oxygen atoms in total. The van der Waals surface area contributed by atoms with Crippen LogP contribution >= 0.6 is 11.6 Å². The number of fused-ring (bicyclic) bond motifs is 1. The fourth-order valence-electron chi connectivity index (χ4n) is 6.93. The van der Waals surface area contributed by atoms with E-state index in [0.717, 1.165) is 5.56 Å². The molecule has 1 aromatic carbocycles. The minimum Gasteiger partial charge on any atom is -0.461 e. The Morgan fingerprint density at radius 1 is 1.26 bits per heavy atom. The number of nitrogens with zero attached hydrogens (tertiary/aromatic N) is 2. The number of carbonyl (C=O) groups excluding carboxylic acids is 3. The second kappa shape index (κ2) is 11.8. The Labute approximate surface area is 235 Å². The minimum absolute atomic E-state index is 0.0369. The average molecular weight is 559 g/mol. The van der Waals surface area contributed by atoms with Crippen molar-refractivity contribution in [2.75, 3.05) is 31.2 Å². The molecule has 212 valence electrons. The van der Waals surface area contributed by atoms with Gasteiger partial charge in [-0.1, -0.05) is 49.4 Å². The highest BCUT2D eigenvalue weighted by Crippen LogP contribution is 2.64. The van der Waals surface area contributed by atoms with Crippen molar-refractivity contribution in [3.8, 4) is 0 Å². The van der Waals surface area contributed by atoms with Gasteiger partial charge in [-0.05, 0) is 57.1 Å². The van der Waals surface area contributed by atoms with Crippen LogP contribution < -0.4 is 4.90 Å². The second-order valence-corrected chi connectivity index (χ2v) is 11.1. The van der Waals surface area contributed by atoms with Crippen LogP contribution in [0.1, 0.15) is 51.0 Å². The van der Waals surface area contributed by atoms with Crippen LogP contribution in [0.2, 0.25) is 5.02 Å². The molecule has 2 bridgehead atoms. The molecule has 2 unspecified atom stereocenters. The van der Waals surface area contributed by atoms with Gasteiger partial charge in [-0.25, -0.2) is 0 Å². The van der Waals surface area contributed by atoms with Crippen molar-refractivity contribution in [1.82, 2.24) is 4.90 Å². The van der Waals surface area contributed by atoms with Crippen LogP contribution in [-0.2, 0) is 23.9 Å².